The van der Waals surface area contributed by atoms with E-state index in [2.05, 4.69) is 5.32 Å². The van der Waals surface area contributed by atoms with Crippen LogP contribution in [0.4, 0.5) is 25.8 Å². The van der Waals surface area contributed by atoms with Crippen LogP contribution in [-0.4, -0.2) is 30.0 Å². The van der Waals surface area contributed by atoms with E-state index >= 15 is 0 Å². The number of amides is 3. The van der Waals surface area contributed by atoms with Gasteiger partial charge in [0, 0.05) is 23.0 Å². The first-order chi connectivity index (χ1) is 16.7. The van der Waals surface area contributed by atoms with Crippen molar-refractivity contribution in [1.29, 1.82) is 0 Å². The molecule has 2 heterocycles. The minimum absolute atomic E-state index is 0.0262. The molecule has 0 aliphatic carbocycles. The molecule has 9 heteroatoms. The lowest BCUT2D eigenvalue weighted by Gasteiger charge is -2.33. The van der Waals surface area contributed by atoms with Crippen molar-refractivity contribution >= 4 is 46.5 Å². The van der Waals surface area contributed by atoms with Crippen molar-refractivity contribution in [2.75, 3.05) is 27.4 Å². The Bertz CT molecular complexity index is 1400. The molecule has 6 nitrogen and oxygen atoms in total. The van der Waals surface area contributed by atoms with Crippen molar-refractivity contribution in [2.45, 2.75) is 18.7 Å². The van der Waals surface area contributed by atoms with Gasteiger partial charge in [-0.2, -0.15) is 0 Å². The number of benzene rings is 3. The predicted molar refractivity (Wildman–Crippen MR) is 131 cm³/mol. The fourth-order valence-corrected chi connectivity index (χ4v) is 5.90. The van der Waals surface area contributed by atoms with Crippen LogP contribution < -0.4 is 15.1 Å². The summed E-state index contributed by atoms with van der Waals surface area (Å²) in [7, 11) is 0. The molecule has 1 spiro atoms. The highest BCUT2D eigenvalue weighted by molar-refractivity contribution is 8.02. The molecule has 3 aromatic rings. The molecule has 2 aliphatic rings. The van der Waals surface area contributed by atoms with Crippen molar-refractivity contribution < 1.29 is 23.2 Å². The van der Waals surface area contributed by atoms with Crippen LogP contribution in [0.1, 0.15) is 16.7 Å². The van der Waals surface area contributed by atoms with Gasteiger partial charge in [-0.05, 0) is 49.2 Å². The molecule has 3 aromatic carbocycles. The molecule has 1 atom stereocenters. The monoisotopic (exact) mass is 493 g/mol. The standard InChI is InChI=1S/C26H21F2N3O3S/c1-15-7-8-16(2)21(11-15)29-23(32)13-30-22-6-4-3-5-18(22)26(25(30)34)31(24(33)14-35-26)17-9-10-19(27)20(28)12-17/h3-12H,13-14H2,1-2H3,(H,29,32)/t26-/m1/s1. The van der Waals surface area contributed by atoms with E-state index in [0.29, 0.717) is 16.9 Å². The second-order valence-electron chi connectivity index (χ2n) is 8.54. The Morgan fingerprint density at radius 2 is 1.80 bits per heavy atom. The second-order valence-corrected chi connectivity index (χ2v) is 9.70. The third-order valence-electron chi connectivity index (χ3n) is 6.19. The van der Waals surface area contributed by atoms with Gasteiger partial charge in [0.15, 0.2) is 11.6 Å². The number of aryl methyl sites for hydroxylation is 2. The van der Waals surface area contributed by atoms with Crippen molar-refractivity contribution in [3.63, 3.8) is 0 Å². The molecule has 0 saturated carbocycles. The minimum Gasteiger partial charge on any atom is -0.324 e. The highest BCUT2D eigenvalue weighted by atomic mass is 32.2. The van der Waals surface area contributed by atoms with Gasteiger partial charge in [0.25, 0.3) is 5.91 Å². The average Bonchev–Trinajstić information content (AvgIpc) is 3.29. The van der Waals surface area contributed by atoms with Gasteiger partial charge in [-0.15, -0.1) is 11.8 Å². The van der Waals surface area contributed by atoms with Crippen molar-refractivity contribution in [2.24, 2.45) is 0 Å². The zero-order valence-electron chi connectivity index (χ0n) is 19.0. The van der Waals surface area contributed by atoms with E-state index in [-0.39, 0.29) is 18.0 Å². The van der Waals surface area contributed by atoms with Crippen LogP contribution in [0.25, 0.3) is 0 Å². The van der Waals surface area contributed by atoms with Crippen LogP contribution in [0.3, 0.4) is 0 Å². The summed E-state index contributed by atoms with van der Waals surface area (Å²) in [6.45, 7) is 3.52. The van der Waals surface area contributed by atoms with Crippen LogP contribution >= 0.6 is 11.8 Å². The largest absolute Gasteiger partial charge is 0.324 e. The molecule has 0 unspecified atom stereocenters. The van der Waals surface area contributed by atoms with Crippen molar-refractivity contribution in [1.82, 2.24) is 0 Å². The van der Waals surface area contributed by atoms with Gasteiger partial charge in [0.2, 0.25) is 16.7 Å². The number of nitrogens with zero attached hydrogens (tertiary/aromatic N) is 2. The van der Waals surface area contributed by atoms with E-state index in [0.717, 1.165) is 35.0 Å². The molecule has 0 bridgehead atoms. The SMILES string of the molecule is Cc1ccc(C)c(NC(=O)CN2C(=O)[C@]3(SCC(=O)N3c3ccc(F)c(F)c3)c3ccccc32)c1. The van der Waals surface area contributed by atoms with Gasteiger partial charge >= 0.3 is 0 Å². The molecule has 35 heavy (non-hydrogen) atoms. The molecule has 178 valence electrons. The minimum atomic E-state index is -1.52. The topological polar surface area (TPSA) is 69.7 Å². The predicted octanol–water partition coefficient (Wildman–Crippen LogP) is 4.50. The number of anilines is 3. The van der Waals surface area contributed by atoms with Gasteiger partial charge < -0.3 is 5.32 Å². The van der Waals surface area contributed by atoms with Gasteiger partial charge in [-0.1, -0.05) is 30.3 Å². The third kappa shape index (κ3) is 3.67. The molecular weight excluding hydrogens is 472 g/mol. The van der Waals surface area contributed by atoms with Crippen LogP contribution in [0, 0.1) is 25.5 Å². The summed E-state index contributed by atoms with van der Waals surface area (Å²) in [6, 6.07) is 15.7. The molecule has 5 rings (SSSR count). The quantitative estimate of drug-likeness (QED) is 0.581. The summed E-state index contributed by atoms with van der Waals surface area (Å²) in [5.41, 5.74) is 3.60. The molecule has 1 saturated heterocycles. The highest BCUT2D eigenvalue weighted by Gasteiger charge is 2.61. The lowest BCUT2D eigenvalue weighted by molar-refractivity contribution is -0.124. The number of carbonyl (C=O) groups excluding carboxylic acids is 3. The molecule has 1 N–H and O–H groups in total. The maximum atomic E-state index is 14.1. The summed E-state index contributed by atoms with van der Waals surface area (Å²) in [5, 5.41) is 2.86. The number of hydrogen-bond acceptors (Lipinski definition) is 4. The summed E-state index contributed by atoms with van der Waals surface area (Å²) in [6.07, 6.45) is 0. The number of fused-ring (bicyclic) bond motifs is 2. The Balaban J connectivity index is 1.52. The second kappa shape index (κ2) is 8.49. The van der Waals surface area contributed by atoms with Crippen LogP contribution in [0.15, 0.2) is 60.7 Å². The van der Waals surface area contributed by atoms with Crippen LogP contribution in [0.2, 0.25) is 0 Å². The first-order valence-corrected chi connectivity index (χ1v) is 11.9. The number of hydrogen-bond donors (Lipinski definition) is 1. The lowest BCUT2D eigenvalue weighted by Crippen LogP contribution is -2.51. The van der Waals surface area contributed by atoms with Crippen LogP contribution in [0.5, 0.6) is 0 Å². The summed E-state index contributed by atoms with van der Waals surface area (Å²) < 4.78 is 27.7. The first-order valence-electron chi connectivity index (χ1n) is 10.9. The van der Waals surface area contributed by atoms with E-state index in [1.165, 1.54) is 15.9 Å². The molecule has 3 amide bonds. The Kier molecular flexibility index (Phi) is 5.59. The zero-order valence-corrected chi connectivity index (χ0v) is 19.8. The number of halogens is 2. The number of carbonyl (C=O) groups is 3. The fourth-order valence-electron chi connectivity index (χ4n) is 4.54. The smallest absolute Gasteiger partial charge is 0.269 e. The summed E-state index contributed by atoms with van der Waals surface area (Å²) in [4.78, 5) is 40.9. The van der Waals surface area contributed by atoms with Crippen molar-refractivity contribution in [3.8, 4) is 0 Å². The zero-order chi connectivity index (χ0) is 24.9. The Morgan fingerprint density at radius 3 is 2.57 bits per heavy atom. The summed E-state index contributed by atoms with van der Waals surface area (Å²) >= 11 is 1.10. The lowest BCUT2D eigenvalue weighted by atomic mass is 10.0. The molecule has 1 fully saturated rings. The highest BCUT2D eigenvalue weighted by Crippen LogP contribution is 2.55. The van der Waals surface area contributed by atoms with Gasteiger partial charge in [-0.25, -0.2) is 8.78 Å². The average molecular weight is 494 g/mol. The first kappa shape index (κ1) is 23.0. The molecule has 0 aromatic heterocycles. The van der Waals surface area contributed by atoms with E-state index in [9.17, 15) is 23.2 Å². The molecule has 2 aliphatic heterocycles. The van der Waals surface area contributed by atoms with Gasteiger partial charge in [0.05, 0.1) is 11.4 Å². The number of para-hydroxylation sites is 1. The fraction of sp³-hybridized carbons (Fsp3) is 0.192. The van der Waals surface area contributed by atoms with Crippen molar-refractivity contribution in [3.05, 3.63) is 89.0 Å². The van der Waals surface area contributed by atoms with Gasteiger partial charge in [-0.3, -0.25) is 24.2 Å². The number of thioether (sulfide) groups is 1. The third-order valence-corrected chi connectivity index (χ3v) is 7.58. The van der Waals surface area contributed by atoms with Gasteiger partial charge in [0.1, 0.15) is 6.54 Å². The maximum Gasteiger partial charge on any atom is 0.269 e. The summed E-state index contributed by atoms with van der Waals surface area (Å²) in [5.74, 6) is -3.49. The maximum absolute atomic E-state index is 14.1. The Morgan fingerprint density at radius 1 is 1.03 bits per heavy atom. The van der Waals surface area contributed by atoms with E-state index in [1.807, 2.05) is 32.0 Å². The normalized spacial score (nSPS) is 19.0. The van der Waals surface area contributed by atoms with E-state index in [4.69, 9.17) is 0 Å². The number of rotatable bonds is 4. The molecular formula is C26H21F2N3O3S. The Hall–Kier alpha value is -3.72. The molecule has 0 radical (unpaired) electrons. The van der Waals surface area contributed by atoms with E-state index < -0.39 is 34.2 Å². The van der Waals surface area contributed by atoms with Crippen LogP contribution in [-0.2, 0) is 19.3 Å². The number of nitrogens with one attached hydrogen (secondary N) is 1. The van der Waals surface area contributed by atoms with E-state index in [1.54, 1.807) is 24.3 Å². The Labute approximate surface area is 204 Å².